The van der Waals surface area contributed by atoms with Crippen molar-refractivity contribution in [3.8, 4) is 0 Å². The van der Waals surface area contributed by atoms with Crippen molar-refractivity contribution in [2.45, 2.75) is 38.8 Å². The van der Waals surface area contributed by atoms with Gasteiger partial charge in [-0.05, 0) is 38.4 Å². The van der Waals surface area contributed by atoms with Crippen LogP contribution in [0, 0.1) is 0 Å². The molecule has 0 aliphatic carbocycles. The molecule has 2 amide bonds. The number of carbonyl (C=O) groups excluding carboxylic acids is 2. The highest BCUT2D eigenvalue weighted by atomic mass is 35.5. The minimum absolute atomic E-state index is 0. The smallest absolute Gasteiger partial charge is 0.254 e. The summed E-state index contributed by atoms with van der Waals surface area (Å²) in [7, 11) is 0. The molecule has 2 atom stereocenters. The fourth-order valence-electron chi connectivity index (χ4n) is 2.82. The van der Waals surface area contributed by atoms with Crippen LogP contribution in [0.3, 0.4) is 0 Å². The zero-order valence-electron chi connectivity index (χ0n) is 13.7. The molecule has 6 heteroatoms. The van der Waals surface area contributed by atoms with Crippen LogP contribution in [0.5, 0.6) is 0 Å². The van der Waals surface area contributed by atoms with E-state index in [1.165, 1.54) is 0 Å². The molecule has 128 valence electrons. The second-order valence-electron chi connectivity index (χ2n) is 5.73. The van der Waals surface area contributed by atoms with Gasteiger partial charge in [-0.25, -0.2) is 0 Å². The average molecular weight is 340 g/mol. The third-order valence-electron chi connectivity index (χ3n) is 3.97. The van der Waals surface area contributed by atoms with Crippen molar-refractivity contribution in [1.29, 1.82) is 0 Å². The lowest BCUT2D eigenvalue weighted by Crippen LogP contribution is -2.48. The number of benzene rings is 1. The fourth-order valence-corrected chi connectivity index (χ4v) is 2.82. The largest absolute Gasteiger partial charge is 0.353 e. The summed E-state index contributed by atoms with van der Waals surface area (Å²) in [5.74, 6) is -0.107. The van der Waals surface area contributed by atoms with Gasteiger partial charge >= 0.3 is 0 Å². The zero-order chi connectivity index (χ0) is 15.9. The SMILES string of the molecule is CCN[C@H](C)CNC(=O)C1CCCN1C(=O)c1ccccc1.Cl. The quantitative estimate of drug-likeness (QED) is 0.831. The van der Waals surface area contributed by atoms with Crippen LogP contribution < -0.4 is 10.6 Å². The van der Waals surface area contributed by atoms with Crippen molar-refractivity contribution < 1.29 is 9.59 Å². The average Bonchev–Trinajstić information content (AvgIpc) is 3.02. The third-order valence-corrected chi connectivity index (χ3v) is 3.97. The molecular weight excluding hydrogens is 314 g/mol. The molecule has 0 saturated carbocycles. The van der Waals surface area contributed by atoms with Gasteiger partial charge in [0.05, 0.1) is 0 Å². The topological polar surface area (TPSA) is 61.4 Å². The second-order valence-corrected chi connectivity index (χ2v) is 5.73. The maximum atomic E-state index is 12.5. The number of carbonyl (C=O) groups is 2. The molecule has 1 saturated heterocycles. The second kappa shape index (κ2) is 9.53. The van der Waals surface area contributed by atoms with Gasteiger partial charge in [-0.15, -0.1) is 12.4 Å². The van der Waals surface area contributed by atoms with Gasteiger partial charge in [-0.2, -0.15) is 0 Å². The number of likely N-dealkylation sites (N-methyl/N-ethyl adjacent to an activating group) is 1. The molecular formula is C17H26ClN3O2. The van der Waals surface area contributed by atoms with Gasteiger partial charge in [0.25, 0.3) is 5.91 Å². The van der Waals surface area contributed by atoms with Crippen molar-refractivity contribution in [1.82, 2.24) is 15.5 Å². The molecule has 2 N–H and O–H groups in total. The Morgan fingerprint density at radius 2 is 2.00 bits per heavy atom. The summed E-state index contributed by atoms with van der Waals surface area (Å²) in [5.41, 5.74) is 0.642. The molecule has 0 aromatic heterocycles. The summed E-state index contributed by atoms with van der Waals surface area (Å²) in [6.45, 7) is 6.17. The van der Waals surface area contributed by atoms with E-state index >= 15 is 0 Å². The number of amides is 2. The van der Waals surface area contributed by atoms with Crippen LogP contribution >= 0.6 is 12.4 Å². The molecule has 5 nitrogen and oxygen atoms in total. The van der Waals surface area contributed by atoms with Gasteiger partial charge in [-0.3, -0.25) is 9.59 Å². The summed E-state index contributed by atoms with van der Waals surface area (Å²) < 4.78 is 0. The Bertz CT molecular complexity index is 510. The van der Waals surface area contributed by atoms with E-state index in [9.17, 15) is 9.59 Å². The Kier molecular flexibility index (Phi) is 8.06. The molecule has 1 aliphatic heterocycles. The molecule has 23 heavy (non-hydrogen) atoms. The minimum Gasteiger partial charge on any atom is -0.353 e. The normalized spacial score (nSPS) is 18.2. The van der Waals surface area contributed by atoms with E-state index < -0.39 is 0 Å². The van der Waals surface area contributed by atoms with Gasteiger partial charge in [0.2, 0.25) is 5.91 Å². The van der Waals surface area contributed by atoms with Crippen LogP contribution in [0.25, 0.3) is 0 Å². The van der Waals surface area contributed by atoms with Crippen LogP contribution in [0.1, 0.15) is 37.0 Å². The standard InChI is InChI=1S/C17H25N3O2.ClH/c1-3-18-13(2)12-19-16(21)15-10-7-11-20(15)17(22)14-8-5-4-6-9-14;/h4-6,8-9,13,15,18H,3,7,10-12H2,1-2H3,(H,19,21);1H/t13-,15?;/m1./s1. The Balaban J connectivity index is 0.00000264. The molecule has 1 aromatic rings. The lowest BCUT2D eigenvalue weighted by Gasteiger charge is -2.25. The number of nitrogens with zero attached hydrogens (tertiary/aromatic N) is 1. The highest BCUT2D eigenvalue weighted by Gasteiger charge is 2.34. The number of hydrogen-bond donors (Lipinski definition) is 2. The first kappa shape index (κ1) is 19.5. The summed E-state index contributed by atoms with van der Waals surface area (Å²) in [4.78, 5) is 26.6. The lowest BCUT2D eigenvalue weighted by molar-refractivity contribution is -0.124. The molecule has 1 heterocycles. The monoisotopic (exact) mass is 339 g/mol. The molecule has 1 fully saturated rings. The minimum atomic E-state index is -0.346. The first-order chi connectivity index (χ1) is 10.6. The predicted molar refractivity (Wildman–Crippen MR) is 93.9 cm³/mol. The molecule has 1 unspecified atom stereocenters. The Labute approximate surface area is 144 Å². The van der Waals surface area contributed by atoms with Crippen molar-refractivity contribution in [3.05, 3.63) is 35.9 Å². The first-order valence-corrected chi connectivity index (χ1v) is 8.00. The van der Waals surface area contributed by atoms with E-state index in [1.807, 2.05) is 32.0 Å². The number of halogens is 1. The molecule has 0 spiro atoms. The van der Waals surface area contributed by atoms with E-state index in [0.29, 0.717) is 18.7 Å². The summed E-state index contributed by atoms with van der Waals surface area (Å²) >= 11 is 0. The number of rotatable bonds is 6. The van der Waals surface area contributed by atoms with Crippen LogP contribution in [0.15, 0.2) is 30.3 Å². The van der Waals surface area contributed by atoms with E-state index in [4.69, 9.17) is 0 Å². The molecule has 1 aliphatic rings. The zero-order valence-corrected chi connectivity index (χ0v) is 14.6. The molecule has 0 radical (unpaired) electrons. The number of nitrogens with one attached hydrogen (secondary N) is 2. The molecule has 0 bridgehead atoms. The van der Waals surface area contributed by atoms with Gasteiger partial charge in [-0.1, -0.05) is 25.1 Å². The number of hydrogen-bond acceptors (Lipinski definition) is 3. The van der Waals surface area contributed by atoms with Crippen molar-refractivity contribution >= 4 is 24.2 Å². The fraction of sp³-hybridized carbons (Fsp3) is 0.529. The van der Waals surface area contributed by atoms with Crippen molar-refractivity contribution in [3.63, 3.8) is 0 Å². The predicted octanol–water partition coefficient (Wildman–Crippen LogP) is 1.83. The van der Waals surface area contributed by atoms with Crippen LogP contribution in [-0.2, 0) is 4.79 Å². The third kappa shape index (κ3) is 5.22. The number of likely N-dealkylation sites (tertiary alicyclic amines) is 1. The van der Waals surface area contributed by atoms with E-state index in [2.05, 4.69) is 10.6 Å². The van der Waals surface area contributed by atoms with Crippen molar-refractivity contribution in [2.24, 2.45) is 0 Å². The summed E-state index contributed by atoms with van der Waals surface area (Å²) in [6.07, 6.45) is 1.61. The van der Waals surface area contributed by atoms with E-state index in [1.54, 1.807) is 17.0 Å². The van der Waals surface area contributed by atoms with Gasteiger partial charge < -0.3 is 15.5 Å². The van der Waals surface area contributed by atoms with Gasteiger partial charge in [0.1, 0.15) is 6.04 Å². The van der Waals surface area contributed by atoms with Gasteiger partial charge in [0.15, 0.2) is 0 Å². The molecule has 2 rings (SSSR count). The molecule has 1 aromatic carbocycles. The first-order valence-electron chi connectivity index (χ1n) is 8.00. The Morgan fingerprint density at radius 1 is 1.30 bits per heavy atom. The maximum absolute atomic E-state index is 12.5. The summed E-state index contributed by atoms with van der Waals surface area (Å²) in [6, 6.07) is 9.04. The van der Waals surface area contributed by atoms with Crippen LogP contribution in [0.4, 0.5) is 0 Å². The van der Waals surface area contributed by atoms with Crippen molar-refractivity contribution in [2.75, 3.05) is 19.6 Å². The van der Waals surface area contributed by atoms with Crippen LogP contribution in [0.2, 0.25) is 0 Å². The Morgan fingerprint density at radius 3 is 2.65 bits per heavy atom. The van der Waals surface area contributed by atoms with Crippen LogP contribution in [-0.4, -0.2) is 48.4 Å². The summed E-state index contributed by atoms with van der Waals surface area (Å²) in [5, 5.41) is 6.21. The van der Waals surface area contributed by atoms with Gasteiger partial charge in [0, 0.05) is 24.7 Å². The Hall–Kier alpha value is -1.59. The lowest BCUT2D eigenvalue weighted by atomic mass is 10.1. The van der Waals surface area contributed by atoms with E-state index in [0.717, 1.165) is 19.4 Å². The maximum Gasteiger partial charge on any atom is 0.254 e. The van der Waals surface area contributed by atoms with E-state index in [-0.39, 0.29) is 36.3 Å². The highest BCUT2D eigenvalue weighted by molar-refractivity contribution is 5.97. The highest BCUT2D eigenvalue weighted by Crippen LogP contribution is 2.20.